The minimum absolute atomic E-state index is 0.0612. The first-order valence-electron chi connectivity index (χ1n) is 9.75. The van der Waals surface area contributed by atoms with Crippen LogP contribution in [0.4, 0.5) is 4.39 Å². The summed E-state index contributed by atoms with van der Waals surface area (Å²) in [6.07, 6.45) is 3.90. The van der Waals surface area contributed by atoms with Gasteiger partial charge in [-0.1, -0.05) is 6.07 Å². The summed E-state index contributed by atoms with van der Waals surface area (Å²) in [6, 6.07) is 5.62. The Morgan fingerprint density at radius 2 is 2.22 bits per heavy atom. The van der Waals surface area contributed by atoms with Crippen molar-refractivity contribution in [3.63, 3.8) is 0 Å². The molecule has 2 aliphatic heterocycles. The van der Waals surface area contributed by atoms with Crippen LogP contribution >= 0.6 is 0 Å². The molecule has 3 fully saturated rings. The van der Waals surface area contributed by atoms with Gasteiger partial charge in [-0.15, -0.1) is 0 Å². The predicted molar refractivity (Wildman–Crippen MR) is 96.4 cm³/mol. The van der Waals surface area contributed by atoms with E-state index in [0.717, 1.165) is 18.5 Å². The van der Waals surface area contributed by atoms with Crippen molar-refractivity contribution in [2.75, 3.05) is 20.1 Å². The number of carbonyl (C=O) groups is 2. The van der Waals surface area contributed by atoms with Crippen LogP contribution in [0.15, 0.2) is 24.4 Å². The van der Waals surface area contributed by atoms with E-state index in [4.69, 9.17) is 4.74 Å². The summed E-state index contributed by atoms with van der Waals surface area (Å²) in [5.74, 6) is -0.199. The average molecular weight is 375 g/mol. The van der Waals surface area contributed by atoms with E-state index in [1.54, 1.807) is 23.0 Å². The zero-order valence-corrected chi connectivity index (χ0v) is 15.6. The first kappa shape index (κ1) is 18.3. The number of ether oxygens (including phenoxy) is 1. The van der Waals surface area contributed by atoms with E-state index in [1.807, 2.05) is 18.2 Å². The van der Waals surface area contributed by atoms with Crippen LogP contribution in [0, 0.1) is 5.92 Å². The van der Waals surface area contributed by atoms with Crippen LogP contribution in [-0.4, -0.2) is 64.6 Å². The number of carbonyl (C=O) groups excluding carboxylic acids is 2. The van der Waals surface area contributed by atoms with Crippen molar-refractivity contribution in [3.05, 3.63) is 30.1 Å². The van der Waals surface area contributed by atoms with Crippen LogP contribution in [0.3, 0.4) is 0 Å². The fourth-order valence-electron chi connectivity index (χ4n) is 4.32. The topological polar surface area (TPSA) is 62.7 Å². The Morgan fingerprint density at radius 1 is 1.41 bits per heavy atom. The second-order valence-electron chi connectivity index (χ2n) is 8.03. The molecule has 6 nitrogen and oxygen atoms in total. The van der Waals surface area contributed by atoms with Crippen LogP contribution in [-0.2, 0) is 20.9 Å². The predicted octanol–water partition coefficient (Wildman–Crippen LogP) is 1.94. The third-order valence-electron chi connectivity index (χ3n) is 6.15. The van der Waals surface area contributed by atoms with Gasteiger partial charge in [0.2, 0.25) is 0 Å². The Hall–Kier alpha value is -2.02. The van der Waals surface area contributed by atoms with E-state index in [0.29, 0.717) is 38.9 Å². The minimum atomic E-state index is -1.66. The van der Waals surface area contributed by atoms with Crippen molar-refractivity contribution in [1.29, 1.82) is 0 Å². The van der Waals surface area contributed by atoms with Crippen LogP contribution in [0.2, 0.25) is 0 Å². The molecular weight excluding hydrogens is 349 g/mol. The molecule has 2 amide bonds. The molecule has 1 aromatic heterocycles. The van der Waals surface area contributed by atoms with E-state index in [1.165, 1.54) is 0 Å². The molecule has 146 valence electrons. The number of halogens is 1. The summed E-state index contributed by atoms with van der Waals surface area (Å²) in [5.41, 5.74) is -0.835. The van der Waals surface area contributed by atoms with E-state index < -0.39 is 17.7 Å². The zero-order valence-electron chi connectivity index (χ0n) is 15.6. The highest BCUT2D eigenvalue weighted by Gasteiger charge is 2.50. The number of pyridine rings is 1. The number of likely N-dealkylation sites (N-methyl/N-ethyl adjacent to an activating group) is 1. The highest BCUT2D eigenvalue weighted by Crippen LogP contribution is 2.40. The Bertz CT molecular complexity index is 710. The van der Waals surface area contributed by atoms with Gasteiger partial charge in [0.1, 0.15) is 6.10 Å². The molecule has 0 N–H and O–H groups in total. The highest BCUT2D eigenvalue weighted by molar-refractivity contribution is 5.86. The molecule has 0 aromatic carbocycles. The van der Waals surface area contributed by atoms with Gasteiger partial charge in [-0.2, -0.15) is 0 Å². The molecule has 1 unspecified atom stereocenters. The number of aromatic nitrogens is 1. The number of hydrogen-bond donors (Lipinski definition) is 0. The maximum atomic E-state index is 14.4. The maximum absolute atomic E-state index is 14.4. The fourth-order valence-corrected chi connectivity index (χ4v) is 4.32. The van der Waals surface area contributed by atoms with Crippen LogP contribution in [0.5, 0.6) is 0 Å². The number of hydrogen-bond acceptors (Lipinski definition) is 4. The number of nitrogens with zero attached hydrogens (tertiary/aromatic N) is 3. The summed E-state index contributed by atoms with van der Waals surface area (Å²) < 4.78 is 20.4. The van der Waals surface area contributed by atoms with Gasteiger partial charge in [-0.25, -0.2) is 4.39 Å². The molecule has 3 aliphatic rings. The lowest BCUT2D eigenvalue weighted by molar-refractivity contribution is -0.155. The van der Waals surface area contributed by atoms with Gasteiger partial charge in [0.05, 0.1) is 18.3 Å². The average Bonchev–Trinajstić information content (AvgIpc) is 3.08. The van der Waals surface area contributed by atoms with E-state index in [9.17, 15) is 14.0 Å². The quantitative estimate of drug-likeness (QED) is 0.807. The van der Waals surface area contributed by atoms with E-state index >= 15 is 0 Å². The molecule has 1 aliphatic carbocycles. The molecule has 3 heterocycles. The number of likely N-dealkylation sites (tertiary alicyclic amines) is 1. The zero-order chi connectivity index (χ0) is 19.0. The Morgan fingerprint density at radius 3 is 2.89 bits per heavy atom. The summed E-state index contributed by atoms with van der Waals surface area (Å²) >= 11 is 0. The van der Waals surface area contributed by atoms with E-state index in [2.05, 4.69) is 4.98 Å². The van der Waals surface area contributed by atoms with Gasteiger partial charge < -0.3 is 14.5 Å². The normalized spacial score (nSPS) is 29.0. The number of rotatable bonds is 4. The Labute approximate surface area is 158 Å². The maximum Gasteiger partial charge on any atom is 0.260 e. The summed E-state index contributed by atoms with van der Waals surface area (Å²) in [7, 11) is 1.75. The second kappa shape index (κ2) is 7.19. The molecule has 27 heavy (non-hydrogen) atoms. The van der Waals surface area contributed by atoms with Crippen molar-refractivity contribution in [2.24, 2.45) is 5.92 Å². The van der Waals surface area contributed by atoms with Crippen molar-refractivity contribution < 1.29 is 18.7 Å². The fraction of sp³-hybridized carbons (Fsp3) is 0.650. The van der Waals surface area contributed by atoms with Crippen LogP contribution < -0.4 is 0 Å². The number of fused-ring (bicyclic) bond motifs is 1. The first-order valence-corrected chi connectivity index (χ1v) is 9.75. The second-order valence-corrected chi connectivity index (χ2v) is 8.03. The molecule has 2 saturated heterocycles. The molecule has 7 heteroatoms. The smallest absolute Gasteiger partial charge is 0.260 e. The van der Waals surface area contributed by atoms with Gasteiger partial charge >= 0.3 is 0 Å². The van der Waals surface area contributed by atoms with Gasteiger partial charge in [0, 0.05) is 26.3 Å². The number of piperidine rings is 1. The molecule has 0 spiro atoms. The van der Waals surface area contributed by atoms with Crippen molar-refractivity contribution in [3.8, 4) is 0 Å². The standard InChI is InChI=1S/C20H26FN3O3/c1-23(12-15-5-2-3-9-22-15)18(25)16-11-14-6-10-24(13-17(14)27-16)19(26)20(21)7-4-8-20/h2-3,5,9,14,16-17H,4,6-8,10-13H2,1H3/t14-,16?,17-/m0/s1. The minimum Gasteiger partial charge on any atom is -0.363 e. The number of alkyl halides is 1. The Kier molecular flexibility index (Phi) is 4.88. The van der Waals surface area contributed by atoms with Gasteiger partial charge in [0.15, 0.2) is 5.67 Å². The molecule has 4 rings (SSSR count). The lowest BCUT2D eigenvalue weighted by Gasteiger charge is -2.41. The molecule has 1 aromatic rings. The lowest BCUT2D eigenvalue weighted by Crippen LogP contribution is -2.55. The molecule has 1 saturated carbocycles. The third kappa shape index (κ3) is 3.57. The van der Waals surface area contributed by atoms with Crippen molar-refractivity contribution in [2.45, 2.75) is 56.5 Å². The van der Waals surface area contributed by atoms with E-state index in [-0.39, 0.29) is 17.9 Å². The summed E-state index contributed by atoms with van der Waals surface area (Å²) in [4.78, 5) is 32.7. The first-order chi connectivity index (χ1) is 13.0. The van der Waals surface area contributed by atoms with Crippen LogP contribution in [0.25, 0.3) is 0 Å². The van der Waals surface area contributed by atoms with Crippen molar-refractivity contribution in [1.82, 2.24) is 14.8 Å². The third-order valence-corrected chi connectivity index (χ3v) is 6.15. The number of amides is 2. The highest BCUT2D eigenvalue weighted by atomic mass is 19.1. The largest absolute Gasteiger partial charge is 0.363 e. The molecular formula is C20H26FN3O3. The van der Waals surface area contributed by atoms with Crippen molar-refractivity contribution >= 4 is 11.8 Å². The Balaban J connectivity index is 1.34. The lowest BCUT2D eigenvalue weighted by atomic mass is 9.80. The van der Waals surface area contributed by atoms with Crippen LogP contribution in [0.1, 0.15) is 37.8 Å². The van der Waals surface area contributed by atoms with Gasteiger partial charge in [-0.3, -0.25) is 14.6 Å². The molecule has 3 atom stereocenters. The summed E-state index contributed by atoms with van der Waals surface area (Å²) in [6.45, 7) is 1.38. The SMILES string of the molecule is CN(Cc1ccccn1)C(=O)C1C[C@@H]2CCN(C(=O)C3(F)CCC3)C[C@@H]2O1. The molecule has 0 bridgehead atoms. The summed E-state index contributed by atoms with van der Waals surface area (Å²) in [5, 5.41) is 0. The van der Waals surface area contributed by atoms with Gasteiger partial charge in [-0.05, 0) is 50.2 Å². The molecule has 0 radical (unpaired) electrons. The van der Waals surface area contributed by atoms with Gasteiger partial charge in [0.25, 0.3) is 11.8 Å². The monoisotopic (exact) mass is 375 g/mol.